The van der Waals surface area contributed by atoms with Crippen LogP contribution in [0.3, 0.4) is 0 Å². The van der Waals surface area contributed by atoms with Gasteiger partial charge in [0.05, 0.1) is 0 Å². The van der Waals surface area contributed by atoms with E-state index in [4.69, 9.17) is 0 Å². The van der Waals surface area contributed by atoms with Crippen LogP contribution < -0.4 is 10.1 Å². The first-order valence-corrected chi connectivity index (χ1v) is 5.44. The topological polar surface area (TPSA) is 46.4 Å². The van der Waals surface area contributed by atoms with E-state index in [9.17, 15) is 4.79 Å². The lowest BCUT2D eigenvalue weighted by Crippen LogP contribution is -2.14. The van der Waals surface area contributed by atoms with Gasteiger partial charge in [-0.25, -0.2) is 0 Å². The normalized spacial score (nSPS) is 12.0. The summed E-state index contributed by atoms with van der Waals surface area (Å²) in [5.41, 5.74) is 0. The molecule has 14 heavy (non-hydrogen) atoms. The highest BCUT2D eigenvalue weighted by Gasteiger charge is 1.98. The first-order valence-electron chi connectivity index (χ1n) is 4.56. The molecule has 1 rings (SSSR count). The number of rotatable bonds is 4. The Balaban J connectivity index is 2.52. The second-order valence-corrected chi connectivity index (χ2v) is 3.88. The van der Waals surface area contributed by atoms with Gasteiger partial charge in [-0.1, -0.05) is 0 Å². The van der Waals surface area contributed by atoms with Crippen molar-refractivity contribution in [3.05, 3.63) is 16.4 Å². The first-order chi connectivity index (χ1) is 6.74. The van der Waals surface area contributed by atoms with Crippen LogP contribution in [-0.4, -0.2) is 24.1 Å². The van der Waals surface area contributed by atoms with E-state index in [0.29, 0.717) is 6.42 Å². The summed E-state index contributed by atoms with van der Waals surface area (Å²) in [6, 6.07) is 0. The molecule has 0 saturated heterocycles. The van der Waals surface area contributed by atoms with Crippen molar-refractivity contribution in [2.24, 2.45) is 12.0 Å². The number of aromatic nitrogens is 1. The van der Waals surface area contributed by atoms with Crippen molar-refractivity contribution >= 4 is 17.2 Å². The van der Waals surface area contributed by atoms with Gasteiger partial charge in [-0.05, 0) is 20.0 Å². The first kappa shape index (κ1) is 11.1. The van der Waals surface area contributed by atoms with Crippen LogP contribution in [0.4, 0.5) is 0 Å². The predicted octanol–water partition coefficient (Wildman–Crippen LogP) is 0.513. The number of carbonyl (C=O) groups excluding carboxylic acids is 1. The number of thiazole rings is 1. The van der Waals surface area contributed by atoms with E-state index in [1.807, 2.05) is 30.2 Å². The third kappa shape index (κ3) is 3.43. The van der Waals surface area contributed by atoms with E-state index in [1.54, 1.807) is 0 Å². The van der Waals surface area contributed by atoms with Gasteiger partial charge in [0, 0.05) is 25.0 Å². The van der Waals surface area contributed by atoms with Gasteiger partial charge in [0.2, 0.25) is 5.91 Å². The molecule has 0 radical (unpaired) electrons. The van der Waals surface area contributed by atoms with Crippen LogP contribution in [-0.2, 0) is 11.8 Å². The maximum atomic E-state index is 11.3. The quantitative estimate of drug-likeness (QED) is 0.741. The Labute approximate surface area is 87.3 Å². The van der Waals surface area contributed by atoms with Gasteiger partial charge in [-0.2, -0.15) is 4.99 Å². The van der Waals surface area contributed by atoms with Crippen molar-refractivity contribution in [2.45, 2.75) is 12.8 Å². The zero-order chi connectivity index (χ0) is 10.4. The molecule has 5 heteroatoms. The summed E-state index contributed by atoms with van der Waals surface area (Å²) in [5, 5.41) is 4.91. The highest BCUT2D eigenvalue weighted by Crippen LogP contribution is 1.92. The van der Waals surface area contributed by atoms with Crippen molar-refractivity contribution < 1.29 is 4.79 Å². The second-order valence-electron chi connectivity index (χ2n) is 3.01. The lowest BCUT2D eigenvalue weighted by atomic mass is 10.3. The molecule has 0 fully saturated rings. The minimum absolute atomic E-state index is 0.0432. The Morgan fingerprint density at radius 1 is 1.71 bits per heavy atom. The molecular formula is C9H15N3OS. The Hall–Kier alpha value is -0.940. The van der Waals surface area contributed by atoms with Crippen LogP contribution in [0.15, 0.2) is 16.6 Å². The molecule has 1 amide bonds. The number of aryl methyl sites for hydroxylation is 1. The summed E-state index contributed by atoms with van der Waals surface area (Å²) in [4.78, 5) is 16.1. The molecule has 1 aromatic rings. The average molecular weight is 213 g/mol. The maximum absolute atomic E-state index is 11.3. The Kier molecular flexibility index (Phi) is 4.55. The lowest BCUT2D eigenvalue weighted by Gasteiger charge is -1.95. The van der Waals surface area contributed by atoms with Gasteiger partial charge in [0.15, 0.2) is 4.80 Å². The van der Waals surface area contributed by atoms with E-state index in [2.05, 4.69) is 10.3 Å². The molecule has 0 aliphatic rings. The Bertz CT molecular complexity index is 353. The number of amides is 1. The third-order valence-corrected chi connectivity index (χ3v) is 2.65. The molecule has 0 atom stereocenters. The standard InChI is InChI=1S/C9H15N3OS/c1-10-5-3-4-8(13)11-9-12(2)6-7-14-9/h6-7,10H,3-5H2,1-2H3. The smallest absolute Gasteiger partial charge is 0.248 e. The van der Waals surface area contributed by atoms with Crippen LogP contribution in [0.1, 0.15) is 12.8 Å². The van der Waals surface area contributed by atoms with Gasteiger partial charge < -0.3 is 9.88 Å². The molecule has 0 aromatic carbocycles. The molecule has 4 nitrogen and oxygen atoms in total. The molecule has 0 spiro atoms. The van der Waals surface area contributed by atoms with Crippen molar-refractivity contribution in [2.75, 3.05) is 13.6 Å². The molecule has 0 unspecified atom stereocenters. The molecular weight excluding hydrogens is 198 g/mol. The van der Waals surface area contributed by atoms with Crippen molar-refractivity contribution in [3.63, 3.8) is 0 Å². The van der Waals surface area contributed by atoms with Gasteiger partial charge in [0.25, 0.3) is 0 Å². The lowest BCUT2D eigenvalue weighted by molar-refractivity contribution is -0.118. The molecule has 1 N–H and O–H groups in total. The fourth-order valence-electron chi connectivity index (χ4n) is 1.01. The summed E-state index contributed by atoms with van der Waals surface area (Å²) in [7, 11) is 3.76. The fraction of sp³-hybridized carbons (Fsp3) is 0.556. The highest BCUT2D eigenvalue weighted by atomic mass is 32.1. The van der Waals surface area contributed by atoms with Crippen LogP contribution in [0, 0.1) is 0 Å². The SMILES string of the molecule is CNCCCC(=O)N=c1sccn1C. The number of nitrogens with zero attached hydrogens (tertiary/aromatic N) is 2. The van der Waals surface area contributed by atoms with Crippen molar-refractivity contribution in [1.29, 1.82) is 0 Å². The van der Waals surface area contributed by atoms with Gasteiger partial charge in [0.1, 0.15) is 0 Å². The highest BCUT2D eigenvalue weighted by molar-refractivity contribution is 7.07. The summed E-state index contributed by atoms with van der Waals surface area (Å²) >= 11 is 1.48. The Morgan fingerprint density at radius 2 is 2.50 bits per heavy atom. The van der Waals surface area contributed by atoms with Crippen molar-refractivity contribution in [1.82, 2.24) is 9.88 Å². The Morgan fingerprint density at radius 3 is 3.07 bits per heavy atom. The number of hydrogen-bond acceptors (Lipinski definition) is 3. The summed E-state index contributed by atoms with van der Waals surface area (Å²) in [6.07, 6.45) is 3.25. The van der Waals surface area contributed by atoms with Crippen molar-refractivity contribution in [3.8, 4) is 0 Å². The molecule has 1 aromatic heterocycles. The minimum atomic E-state index is -0.0432. The molecule has 78 valence electrons. The zero-order valence-electron chi connectivity index (χ0n) is 8.49. The van der Waals surface area contributed by atoms with E-state index >= 15 is 0 Å². The monoisotopic (exact) mass is 213 g/mol. The van der Waals surface area contributed by atoms with E-state index in [1.165, 1.54) is 11.3 Å². The average Bonchev–Trinajstić information content (AvgIpc) is 2.52. The summed E-state index contributed by atoms with van der Waals surface area (Å²) in [6.45, 7) is 0.859. The number of nitrogens with one attached hydrogen (secondary N) is 1. The van der Waals surface area contributed by atoms with E-state index in [0.717, 1.165) is 17.8 Å². The largest absolute Gasteiger partial charge is 0.327 e. The van der Waals surface area contributed by atoms with Crippen LogP contribution in [0.2, 0.25) is 0 Å². The third-order valence-electron chi connectivity index (χ3n) is 1.80. The summed E-state index contributed by atoms with van der Waals surface area (Å²) in [5.74, 6) is -0.0432. The van der Waals surface area contributed by atoms with Crippen LogP contribution in [0.5, 0.6) is 0 Å². The second kappa shape index (κ2) is 5.72. The van der Waals surface area contributed by atoms with Crippen LogP contribution >= 0.6 is 11.3 Å². The molecule has 0 aliphatic heterocycles. The van der Waals surface area contributed by atoms with Gasteiger partial charge in [-0.3, -0.25) is 4.79 Å². The number of carbonyl (C=O) groups is 1. The fourth-order valence-corrected chi connectivity index (χ4v) is 1.76. The maximum Gasteiger partial charge on any atom is 0.248 e. The minimum Gasteiger partial charge on any atom is -0.327 e. The van der Waals surface area contributed by atoms with Gasteiger partial charge in [-0.15, -0.1) is 11.3 Å². The van der Waals surface area contributed by atoms with E-state index < -0.39 is 0 Å². The summed E-state index contributed by atoms with van der Waals surface area (Å²) < 4.78 is 1.85. The number of hydrogen-bond donors (Lipinski definition) is 1. The molecule has 0 aliphatic carbocycles. The molecule has 1 heterocycles. The molecule has 0 saturated carbocycles. The predicted molar refractivity (Wildman–Crippen MR) is 57.0 cm³/mol. The zero-order valence-corrected chi connectivity index (χ0v) is 9.30. The van der Waals surface area contributed by atoms with Crippen LogP contribution in [0.25, 0.3) is 0 Å². The van der Waals surface area contributed by atoms with Gasteiger partial charge >= 0.3 is 0 Å². The van der Waals surface area contributed by atoms with E-state index in [-0.39, 0.29) is 5.91 Å². The molecule has 0 bridgehead atoms.